The van der Waals surface area contributed by atoms with E-state index in [-0.39, 0.29) is 27.8 Å². The van der Waals surface area contributed by atoms with Crippen LogP contribution in [0.1, 0.15) is 40.8 Å². The number of nitrogens with zero attached hydrogens (tertiary/aromatic N) is 3. The summed E-state index contributed by atoms with van der Waals surface area (Å²) in [5, 5.41) is 11.8. The highest BCUT2D eigenvalue weighted by molar-refractivity contribution is 7.15. The Bertz CT molecular complexity index is 1040. The van der Waals surface area contributed by atoms with E-state index in [1.165, 1.54) is 30.7 Å². The van der Waals surface area contributed by atoms with E-state index in [1.54, 1.807) is 19.1 Å². The molecule has 0 unspecified atom stereocenters. The van der Waals surface area contributed by atoms with E-state index < -0.39 is 11.7 Å². The number of pyridine rings is 1. The van der Waals surface area contributed by atoms with Crippen molar-refractivity contribution in [2.24, 2.45) is 0 Å². The second-order valence-corrected chi connectivity index (χ2v) is 7.78. The van der Waals surface area contributed by atoms with E-state index in [2.05, 4.69) is 20.5 Å². The van der Waals surface area contributed by atoms with Crippen LogP contribution in [0.3, 0.4) is 0 Å². The molecule has 1 N–H and O–H groups in total. The van der Waals surface area contributed by atoms with Gasteiger partial charge in [0.05, 0.1) is 23.3 Å². The number of hydrogen-bond acceptors (Lipinski definition) is 6. The fraction of sp³-hybridized carbons (Fsp3) is 0.263. The highest BCUT2D eigenvalue weighted by Gasteiger charge is 2.23. The van der Waals surface area contributed by atoms with E-state index in [1.807, 2.05) is 13.8 Å². The average Bonchev–Trinajstić information content (AvgIpc) is 3.12. The number of ether oxygens (including phenoxy) is 1. The normalized spacial score (nSPS) is 11.0. The average molecular weight is 421 g/mol. The van der Waals surface area contributed by atoms with Crippen LogP contribution >= 0.6 is 22.9 Å². The number of anilines is 1. The molecule has 0 saturated heterocycles. The molecule has 0 bridgehead atoms. The van der Waals surface area contributed by atoms with Crippen molar-refractivity contribution in [3.05, 3.63) is 51.5 Å². The Kier molecular flexibility index (Phi) is 5.90. The van der Waals surface area contributed by atoms with Crippen LogP contribution in [0.4, 0.5) is 9.52 Å². The quantitative estimate of drug-likeness (QED) is 0.622. The predicted octanol–water partition coefficient (Wildman–Crippen LogP) is 5.09. The number of carbonyl (C=O) groups is 1. The topological polar surface area (TPSA) is 77.0 Å². The number of aryl methyl sites for hydroxylation is 1. The molecular formula is C19H18ClFN4O2S. The summed E-state index contributed by atoms with van der Waals surface area (Å²) in [6.45, 7) is 5.73. The maximum atomic E-state index is 14.8. The molecule has 3 rings (SSSR count). The second kappa shape index (κ2) is 8.20. The van der Waals surface area contributed by atoms with Gasteiger partial charge in [-0.05, 0) is 25.1 Å². The van der Waals surface area contributed by atoms with Crippen LogP contribution in [-0.2, 0) is 0 Å². The van der Waals surface area contributed by atoms with Crippen molar-refractivity contribution in [3.63, 3.8) is 0 Å². The first-order valence-electron chi connectivity index (χ1n) is 8.45. The lowest BCUT2D eigenvalue weighted by Gasteiger charge is -2.14. The smallest absolute Gasteiger partial charge is 0.259 e. The van der Waals surface area contributed by atoms with Crippen molar-refractivity contribution >= 4 is 34.0 Å². The Labute approximate surface area is 170 Å². The van der Waals surface area contributed by atoms with Gasteiger partial charge >= 0.3 is 0 Å². The lowest BCUT2D eigenvalue weighted by atomic mass is 9.98. The highest BCUT2D eigenvalue weighted by Crippen LogP contribution is 2.38. The molecule has 2 heterocycles. The Morgan fingerprint density at radius 1 is 1.32 bits per heavy atom. The summed E-state index contributed by atoms with van der Waals surface area (Å²) in [7, 11) is 1.43. The number of aromatic nitrogens is 3. The van der Waals surface area contributed by atoms with E-state index in [9.17, 15) is 9.18 Å². The summed E-state index contributed by atoms with van der Waals surface area (Å²) in [5.41, 5.74) is 1.22. The number of halogens is 2. The molecule has 0 fully saturated rings. The van der Waals surface area contributed by atoms with Crippen LogP contribution < -0.4 is 10.1 Å². The number of rotatable bonds is 5. The van der Waals surface area contributed by atoms with Gasteiger partial charge in [0.1, 0.15) is 10.8 Å². The van der Waals surface area contributed by atoms with Crippen LogP contribution in [0.15, 0.2) is 24.4 Å². The van der Waals surface area contributed by atoms with Gasteiger partial charge in [-0.1, -0.05) is 36.8 Å². The van der Waals surface area contributed by atoms with Crippen molar-refractivity contribution in [3.8, 4) is 16.9 Å². The molecule has 0 saturated carbocycles. The third-order valence-electron chi connectivity index (χ3n) is 3.99. The van der Waals surface area contributed by atoms with Gasteiger partial charge in [0.15, 0.2) is 5.82 Å². The summed E-state index contributed by atoms with van der Waals surface area (Å²) in [6.07, 6.45) is 1.39. The second-order valence-electron chi connectivity index (χ2n) is 6.36. The highest BCUT2D eigenvalue weighted by atomic mass is 35.5. The fourth-order valence-electron chi connectivity index (χ4n) is 2.58. The molecule has 0 aliphatic rings. The molecule has 6 nitrogen and oxygen atoms in total. The van der Waals surface area contributed by atoms with Crippen molar-refractivity contribution in [1.29, 1.82) is 0 Å². The van der Waals surface area contributed by atoms with Gasteiger partial charge in [-0.2, -0.15) is 0 Å². The van der Waals surface area contributed by atoms with E-state index in [0.29, 0.717) is 16.4 Å². The predicted molar refractivity (Wildman–Crippen MR) is 108 cm³/mol. The lowest BCUT2D eigenvalue weighted by Crippen LogP contribution is -2.14. The minimum atomic E-state index is -0.668. The van der Waals surface area contributed by atoms with Gasteiger partial charge in [-0.25, -0.2) is 4.39 Å². The Hall–Kier alpha value is -2.58. The number of hydrogen-bond donors (Lipinski definition) is 1. The molecule has 9 heteroatoms. The first-order chi connectivity index (χ1) is 13.3. The molecule has 0 radical (unpaired) electrons. The maximum Gasteiger partial charge on any atom is 0.259 e. The molecule has 0 spiro atoms. The molecule has 28 heavy (non-hydrogen) atoms. The minimum Gasteiger partial charge on any atom is -0.496 e. The maximum absolute atomic E-state index is 14.8. The monoisotopic (exact) mass is 420 g/mol. The Morgan fingerprint density at radius 2 is 2.07 bits per heavy atom. The van der Waals surface area contributed by atoms with Gasteiger partial charge in [0, 0.05) is 23.4 Å². The summed E-state index contributed by atoms with van der Waals surface area (Å²) < 4.78 is 20.1. The van der Waals surface area contributed by atoms with Crippen LogP contribution in [0.5, 0.6) is 5.75 Å². The third-order valence-corrected chi connectivity index (χ3v) is 5.42. The minimum absolute atomic E-state index is 0.0673. The van der Waals surface area contributed by atoms with Gasteiger partial charge in [-0.3, -0.25) is 15.1 Å². The van der Waals surface area contributed by atoms with E-state index in [4.69, 9.17) is 16.3 Å². The number of benzene rings is 1. The molecule has 0 aliphatic heterocycles. The van der Waals surface area contributed by atoms with Gasteiger partial charge in [0.25, 0.3) is 5.91 Å². The summed E-state index contributed by atoms with van der Waals surface area (Å²) >= 11 is 7.25. The Balaban J connectivity index is 2.07. The van der Waals surface area contributed by atoms with Crippen LogP contribution in [0.25, 0.3) is 11.1 Å². The molecule has 146 valence electrons. The molecule has 3 aromatic rings. The van der Waals surface area contributed by atoms with Gasteiger partial charge in [-0.15, -0.1) is 10.2 Å². The van der Waals surface area contributed by atoms with Crippen LogP contribution in [0, 0.1) is 12.7 Å². The third kappa shape index (κ3) is 3.98. The van der Waals surface area contributed by atoms with Crippen molar-refractivity contribution in [2.45, 2.75) is 26.7 Å². The van der Waals surface area contributed by atoms with Gasteiger partial charge in [0.2, 0.25) is 5.13 Å². The fourth-order valence-corrected chi connectivity index (χ4v) is 3.48. The zero-order valence-electron chi connectivity index (χ0n) is 15.7. The standard InChI is InChI=1S/C19H18ClFN4O2S/c1-9(2)18-24-25-19(28-18)23-17(26)12-8-22-10(3)7-11(12)15-14(27-4)6-5-13(20)16(15)21/h5-9H,1-4H3,(H,23,25,26). The largest absolute Gasteiger partial charge is 0.496 e. The van der Waals surface area contributed by atoms with Gasteiger partial charge < -0.3 is 4.74 Å². The Morgan fingerprint density at radius 3 is 2.71 bits per heavy atom. The molecule has 0 aliphatic carbocycles. The molecule has 1 aromatic carbocycles. The number of carbonyl (C=O) groups excluding carboxylic acids is 1. The van der Waals surface area contributed by atoms with Crippen molar-refractivity contribution < 1.29 is 13.9 Å². The number of nitrogens with one attached hydrogen (secondary N) is 1. The molecular weight excluding hydrogens is 403 g/mol. The first kappa shape index (κ1) is 20.2. The lowest BCUT2D eigenvalue weighted by molar-refractivity contribution is 0.102. The zero-order valence-corrected chi connectivity index (χ0v) is 17.3. The SMILES string of the molecule is COc1ccc(Cl)c(F)c1-c1cc(C)ncc1C(=O)Nc1nnc(C(C)C)s1. The molecule has 0 atom stereocenters. The van der Waals surface area contributed by atoms with Crippen molar-refractivity contribution in [2.75, 3.05) is 12.4 Å². The molecule has 2 aromatic heterocycles. The number of amides is 1. The van der Waals surface area contributed by atoms with E-state index in [0.717, 1.165) is 5.01 Å². The zero-order chi connectivity index (χ0) is 20.4. The summed E-state index contributed by atoms with van der Waals surface area (Å²) in [6, 6.07) is 4.57. The van der Waals surface area contributed by atoms with Crippen LogP contribution in [-0.4, -0.2) is 28.2 Å². The first-order valence-corrected chi connectivity index (χ1v) is 9.65. The van der Waals surface area contributed by atoms with E-state index >= 15 is 0 Å². The number of methoxy groups -OCH3 is 1. The molecule has 1 amide bonds. The van der Waals surface area contributed by atoms with Crippen molar-refractivity contribution in [1.82, 2.24) is 15.2 Å². The van der Waals surface area contributed by atoms with Crippen LogP contribution in [0.2, 0.25) is 5.02 Å². The summed E-state index contributed by atoms with van der Waals surface area (Å²) in [4.78, 5) is 17.1. The summed E-state index contributed by atoms with van der Waals surface area (Å²) in [5.74, 6) is -0.682.